The Kier molecular flexibility index (Phi) is 4.40. The van der Waals surface area contributed by atoms with Crippen LogP contribution in [0.1, 0.15) is 47.5 Å². The molecule has 2 heteroatoms. The molecule has 0 aliphatic rings. The lowest BCUT2D eigenvalue weighted by molar-refractivity contribution is -0.145. The first-order valence-electron chi connectivity index (χ1n) is 5.07. The maximum absolute atomic E-state index is 10.2. The fraction of sp³-hybridized carbons (Fsp3) is 1.00. The molecule has 0 radical (unpaired) electrons. The van der Waals surface area contributed by atoms with Crippen LogP contribution in [0.25, 0.3) is 0 Å². The third kappa shape index (κ3) is 2.68. The van der Waals surface area contributed by atoms with E-state index < -0.39 is 6.10 Å². The van der Waals surface area contributed by atoms with Crippen LogP contribution in [-0.2, 0) is 4.74 Å². The molecule has 0 bridgehead atoms. The van der Waals surface area contributed by atoms with E-state index in [1.165, 1.54) is 0 Å². The minimum absolute atomic E-state index is 0.123. The molecule has 1 unspecified atom stereocenters. The molecule has 0 heterocycles. The maximum atomic E-state index is 10.2. The van der Waals surface area contributed by atoms with Gasteiger partial charge in [0.05, 0.1) is 11.7 Å². The number of aliphatic hydroxyl groups is 1. The summed E-state index contributed by atoms with van der Waals surface area (Å²) in [5, 5.41) is 10.2. The van der Waals surface area contributed by atoms with E-state index in [1.54, 1.807) is 7.11 Å². The van der Waals surface area contributed by atoms with Crippen molar-refractivity contribution in [3.63, 3.8) is 0 Å². The monoisotopic (exact) mass is 188 g/mol. The fourth-order valence-corrected chi connectivity index (χ4v) is 1.83. The zero-order valence-electron chi connectivity index (χ0n) is 9.85. The molecule has 0 spiro atoms. The highest BCUT2D eigenvalue weighted by atomic mass is 16.5. The quantitative estimate of drug-likeness (QED) is 0.735. The van der Waals surface area contributed by atoms with Crippen molar-refractivity contribution in [2.75, 3.05) is 7.11 Å². The first-order chi connectivity index (χ1) is 5.84. The maximum Gasteiger partial charge on any atom is 0.0936 e. The van der Waals surface area contributed by atoms with Crippen molar-refractivity contribution < 1.29 is 9.84 Å². The van der Waals surface area contributed by atoms with Gasteiger partial charge in [0.25, 0.3) is 0 Å². The topological polar surface area (TPSA) is 29.5 Å². The number of methoxy groups -OCH3 is 1. The molecule has 1 N–H and O–H groups in total. The lowest BCUT2D eigenvalue weighted by atomic mass is 9.76. The third-order valence-electron chi connectivity index (χ3n) is 2.92. The van der Waals surface area contributed by atoms with E-state index in [0.717, 1.165) is 12.8 Å². The van der Waals surface area contributed by atoms with Crippen LogP contribution in [0.15, 0.2) is 0 Å². The SMILES string of the molecule is CCC(CC)(OC)C(O)C(C)(C)C. The molecule has 0 saturated carbocycles. The number of aliphatic hydroxyl groups excluding tert-OH is 1. The average Bonchev–Trinajstić information content (AvgIpc) is 2.07. The Labute approximate surface area is 82.3 Å². The van der Waals surface area contributed by atoms with Gasteiger partial charge < -0.3 is 9.84 Å². The summed E-state index contributed by atoms with van der Waals surface area (Å²) in [4.78, 5) is 0. The van der Waals surface area contributed by atoms with Crippen LogP contribution in [0.4, 0.5) is 0 Å². The Balaban J connectivity index is 4.73. The summed E-state index contributed by atoms with van der Waals surface area (Å²) in [7, 11) is 1.68. The molecule has 80 valence electrons. The molecule has 1 atom stereocenters. The molecule has 0 amide bonds. The van der Waals surface area contributed by atoms with Gasteiger partial charge in [-0.3, -0.25) is 0 Å². The number of hydrogen-bond acceptors (Lipinski definition) is 2. The largest absolute Gasteiger partial charge is 0.390 e. The van der Waals surface area contributed by atoms with Gasteiger partial charge in [0.2, 0.25) is 0 Å². The Morgan fingerprint density at radius 2 is 1.54 bits per heavy atom. The minimum atomic E-state index is -0.417. The molecular formula is C11H24O2. The van der Waals surface area contributed by atoms with E-state index in [1.807, 2.05) is 20.8 Å². The highest BCUT2D eigenvalue weighted by Gasteiger charge is 2.41. The molecule has 0 saturated heterocycles. The van der Waals surface area contributed by atoms with Crippen LogP contribution in [0.3, 0.4) is 0 Å². The van der Waals surface area contributed by atoms with Crippen molar-refractivity contribution in [3.8, 4) is 0 Å². The van der Waals surface area contributed by atoms with E-state index in [2.05, 4.69) is 13.8 Å². The molecule has 0 fully saturated rings. The van der Waals surface area contributed by atoms with Crippen LogP contribution >= 0.6 is 0 Å². The van der Waals surface area contributed by atoms with Gasteiger partial charge in [-0.2, -0.15) is 0 Å². The smallest absolute Gasteiger partial charge is 0.0936 e. The lowest BCUT2D eigenvalue weighted by Gasteiger charge is -2.42. The van der Waals surface area contributed by atoms with Crippen molar-refractivity contribution in [2.45, 2.75) is 59.2 Å². The molecule has 2 nitrogen and oxygen atoms in total. The van der Waals surface area contributed by atoms with Gasteiger partial charge in [-0.05, 0) is 18.3 Å². The second kappa shape index (κ2) is 4.43. The second-order valence-corrected chi connectivity index (χ2v) is 4.74. The highest BCUT2D eigenvalue weighted by Crippen LogP contribution is 2.34. The Morgan fingerprint density at radius 3 is 1.62 bits per heavy atom. The van der Waals surface area contributed by atoms with E-state index in [4.69, 9.17) is 4.74 Å². The van der Waals surface area contributed by atoms with E-state index in [0.29, 0.717) is 0 Å². The van der Waals surface area contributed by atoms with E-state index in [9.17, 15) is 5.11 Å². The first-order valence-corrected chi connectivity index (χ1v) is 5.07. The van der Waals surface area contributed by atoms with Crippen molar-refractivity contribution >= 4 is 0 Å². The minimum Gasteiger partial charge on any atom is -0.390 e. The van der Waals surface area contributed by atoms with Gasteiger partial charge in [-0.1, -0.05) is 34.6 Å². The van der Waals surface area contributed by atoms with Crippen molar-refractivity contribution in [1.29, 1.82) is 0 Å². The van der Waals surface area contributed by atoms with E-state index in [-0.39, 0.29) is 11.0 Å². The molecular weight excluding hydrogens is 164 g/mol. The summed E-state index contributed by atoms with van der Waals surface area (Å²) in [5.41, 5.74) is -0.500. The molecule has 13 heavy (non-hydrogen) atoms. The average molecular weight is 188 g/mol. The molecule has 0 aliphatic heterocycles. The molecule has 0 aromatic heterocycles. The van der Waals surface area contributed by atoms with Crippen LogP contribution in [0.5, 0.6) is 0 Å². The summed E-state index contributed by atoms with van der Waals surface area (Å²) in [6.07, 6.45) is 1.27. The summed E-state index contributed by atoms with van der Waals surface area (Å²) in [6.45, 7) is 10.2. The predicted molar refractivity (Wildman–Crippen MR) is 55.8 cm³/mol. The Bertz CT molecular complexity index is 134. The fourth-order valence-electron chi connectivity index (χ4n) is 1.83. The number of hydrogen-bond donors (Lipinski definition) is 1. The summed E-state index contributed by atoms with van der Waals surface area (Å²) >= 11 is 0. The zero-order valence-corrected chi connectivity index (χ0v) is 9.85. The van der Waals surface area contributed by atoms with E-state index >= 15 is 0 Å². The van der Waals surface area contributed by atoms with Crippen LogP contribution in [-0.4, -0.2) is 23.9 Å². The zero-order chi connectivity index (χ0) is 10.7. The Hall–Kier alpha value is -0.0800. The molecule has 0 aliphatic carbocycles. The number of rotatable bonds is 4. The normalized spacial score (nSPS) is 15.9. The first kappa shape index (κ1) is 12.9. The summed E-state index contributed by atoms with van der Waals surface area (Å²) in [5.74, 6) is 0. The van der Waals surface area contributed by atoms with Gasteiger partial charge in [0, 0.05) is 7.11 Å². The lowest BCUT2D eigenvalue weighted by Crippen LogP contribution is -2.50. The van der Waals surface area contributed by atoms with Crippen LogP contribution in [0, 0.1) is 5.41 Å². The van der Waals surface area contributed by atoms with Gasteiger partial charge in [-0.25, -0.2) is 0 Å². The van der Waals surface area contributed by atoms with Gasteiger partial charge in [0.15, 0.2) is 0 Å². The molecule has 0 rings (SSSR count). The molecule has 0 aromatic carbocycles. The van der Waals surface area contributed by atoms with Crippen molar-refractivity contribution in [2.24, 2.45) is 5.41 Å². The highest BCUT2D eigenvalue weighted by molar-refractivity contribution is 4.92. The van der Waals surface area contributed by atoms with Gasteiger partial charge in [0.1, 0.15) is 0 Å². The van der Waals surface area contributed by atoms with Crippen LogP contribution < -0.4 is 0 Å². The third-order valence-corrected chi connectivity index (χ3v) is 2.92. The number of ether oxygens (including phenoxy) is 1. The standard InChI is InChI=1S/C11H24O2/c1-7-11(8-2,13-6)9(12)10(3,4)5/h9,12H,7-8H2,1-6H3. The van der Waals surface area contributed by atoms with Crippen LogP contribution in [0.2, 0.25) is 0 Å². The Morgan fingerprint density at radius 1 is 1.15 bits per heavy atom. The van der Waals surface area contributed by atoms with Crippen molar-refractivity contribution in [3.05, 3.63) is 0 Å². The van der Waals surface area contributed by atoms with Gasteiger partial charge >= 0.3 is 0 Å². The predicted octanol–water partition coefficient (Wildman–Crippen LogP) is 2.60. The van der Waals surface area contributed by atoms with Crippen molar-refractivity contribution in [1.82, 2.24) is 0 Å². The second-order valence-electron chi connectivity index (χ2n) is 4.74. The summed E-state index contributed by atoms with van der Waals surface area (Å²) in [6, 6.07) is 0. The summed E-state index contributed by atoms with van der Waals surface area (Å²) < 4.78 is 5.47. The molecule has 0 aromatic rings. The van der Waals surface area contributed by atoms with Gasteiger partial charge in [-0.15, -0.1) is 0 Å².